The zero-order chi connectivity index (χ0) is 22.8. The number of aromatic amines is 1. The van der Waals surface area contributed by atoms with Crippen molar-refractivity contribution in [1.82, 2.24) is 5.10 Å². The van der Waals surface area contributed by atoms with Crippen molar-refractivity contribution >= 4 is 34.2 Å². The lowest BCUT2D eigenvalue weighted by Crippen LogP contribution is -2.20. The highest BCUT2D eigenvalue weighted by Crippen LogP contribution is 2.33. The lowest BCUT2D eigenvalue weighted by atomic mass is 10.1. The molecule has 1 amide bonds. The van der Waals surface area contributed by atoms with Gasteiger partial charge in [-0.25, -0.2) is 8.78 Å². The average molecular weight is 554 g/mol. The minimum atomic E-state index is -5.09. The van der Waals surface area contributed by atoms with E-state index in [4.69, 9.17) is 4.74 Å². The van der Waals surface area contributed by atoms with Crippen LogP contribution in [0.2, 0.25) is 0 Å². The van der Waals surface area contributed by atoms with Crippen LogP contribution in [0.15, 0.2) is 48.8 Å². The average Bonchev–Trinajstić information content (AvgIpc) is 2.68. The second kappa shape index (κ2) is 8.87. The molecule has 0 unspecified atom stereocenters. The minimum absolute atomic E-state index is 0.0761. The number of anilines is 1. The van der Waals surface area contributed by atoms with E-state index in [9.17, 15) is 31.7 Å². The first-order valence-electron chi connectivity index (χ1n) is 8.17. The van der Waals surface area contributed by atoms with Gasteiger partial charge < -0.3 is 14.8 Å². The van der Waals surface area contributed by atoms with Gasteiger partial charge >= 0.3 is 6.36 Å². The van der Waals surface area contributed by atoms with Crippen LogP contribution < -0.4 is 19.3 Å². The Morgan fingerprint density at radius 1 is 1.10 bits per heavy atom. The molecule has 31 heavy (non-hydrogen) atoms. The number of rotatable bonds is 5. The second-order valence-corrected chi connectivity index (χ2v) is 6.96. The first-order chi connectivity index (χ1) is 14.5. The first-order valence-corrected chi connectivity index (χ1v) is 9.25. The highest BCUT2D eigenvalue weighted by Gasteiger charge is 2.32. The third-order valence-corrected chi connectivity index (χ3v) is 4.47. The van der Waals surface area contributed by atoms with Crippen molar-refractivity contribution in [2.24, 2.45) is 0 Å². The van der Waals surface area contributed by atoms with Gasteiger partial charge in [0.2, 0.25) is 0 Å². The highest BCUT2D eigenvalue weighted by atomic mass is 127. The third-order valence-electron chi connectivity index (χ3n) is 3.64. The molecule has 0 saturated carbocycles. The van der Waals surface area contributed by atoms with Crippen LogP contribution >= 0.6 is 22.6 Å². The van der Waals surface area contributed by atoms with Gasteiger partial charge in [-0.2, -0.15) is 0 Å². The minimum Gasteiger partial charge on any atom is -0.456 e. The van der Waals surface area contributed by atoms with Gasteiger partial charge in [0.25, 0.3) is 12.1 Å². The van der Waals surface area contributed by atoms with Crippen LogP contribution in [0.3, 0.4) is 0 Å². The number of alkyl halides is 3. The van der Waals surface area contributed by atoms with E-state index in [2.05, 4.69) is 15.2 Å². The molecular formula is C18H10F5IN3O4+. The van der Waals surface area contributed by atoms with Crippen LogP contribution in [-0.2, 0) is 0 Å². The molecule has 2 aromatic carbocycles. The van der Waals surface area contributed by atoms with Crippen LogP contribution in [0.1, 0.15) is 10.4 Å². The zero-order valence-corrected chi connectivity index (χ0v) is 17.1. The molecule has 3 rings (SSSR count). The van der Waals surface area contributed by atoms with Gasteiger partial charge in [-0.1, -0.05) is 0 Å². The number of nitrogens with zero attached hydrogens (tertiary/aromatic N) is 1. The number of nitrogens with one attached hydrogen (secondary N) is 2. The Morgan fingerprint density at radius 3 is 2.42 bits per heavy atom. The number of halogens is 6. The van der Waals surface area contributed by atoms with E-state index in [1.54, 1.807) is 22.6 Å². The molecule has 2 N–H and O–H groups in total. The summed E-state index contributed by atoms with van der Waals surface area (Å²) in [5, 5.41) is 4.61. The molecule has 7 nitrogen and oxygen atoms in total. The largest absolute Gasteiger partial charge is 0.573 e. The van der Waals surface area contributed by atoms with E-state index in [1.165, 1.54) is 18.2 Å². The quantitative estimate of drug-likeness (QED) is 0.271. The predicted molar refractivity (Wildman–Crippen MR) is 104 cm³/mol. The molecule has 1 heterocycles. The Bertz CT molecular complexity index is 1180. The number of H-pyrrole nitrogens is 1. The number of hydrogen-bond donors (Lipinski definition) is 2. The van der Waals surface area contributed by atoms with Crippen molar-refractivity contribution in [2.45, 2.75) is 6.36 Å². The molecule has 162 valence electrons. The molecule has 0 fully saturated rings. The van der Waals surface area contributed by atoms with Crippen molar-refractivity contribution < 1.29 is 40.8 Å². The molecule has 0 aliphatic carbocycles. The molecule has 1 aromatic heterocycles. The number of ether oxygens (including phenoxy) is 2. The summed E-state index contributed by atoms with van der Waals surface area (Å²) in [6.07, 6.45) is -2.87. The lowest BCUT2D eigenvalue weighted by molar-refractivity contribution is -0.564. The molecular weight excluding hydrogens is 544 g/mol. The highest BCUT2D eigenvalue weighted by molar-refractivity contribution is 14.1. The molecule has 0 saturated heterocycles. The van der Waals surface area contributed by atoms with E-state index in [0.29, 0.717) is 16.7 Å². The fraction of sp³-hybridized carbons (Fsp3) is 0.0556. The van der Waals surface area contributed by atoms with Crippen LogP contribution in [0, 0.1) is 20.1 Å². The summed E-state index contributed by atoms with van der Waals surface area (Å²) < 4.78 is 74.7. The van der Waals surface area contributed by atoms with Gasteiger partial charge in [-0.3, -0.25) is 4.79 Å². The number of carbonyl (C=O) groups is 1. The van der Waals surface area contributed by atoms with E-state index >= 15 is 0 Å². The maximum absolute atomic E-state index is 14.7. The van der Waals surface area contributed by atoms with Crippen LogP contribution in [-0.4, -0.2) is 17.4 Å². The van der Waals surface area contributed by atoms with Crippen molar-refractivity contribution in [3.63, 3.8) is 0 Å². The second-order valence-electron chi connectivity index (χ2n) is 5.80. The predicted octanol–water partition coefficient (Wildman–Crippen LogP) is 4.76. The number of carbonyl (C=O) groups excluding carboxylic acids is 1. The van der Waals surface area contributed by atoms with E-state index in [-0.39, 0.29) is 20.8 Å². The van der Waals surface area contributed by atoms with E-state index in [1.807, 2.05) is 0 Å². The van der Waals surface area contributed by atoms with Crippen LogP contribution in [0.4, 0.5) is 27.6 Å². The molecule has 0 aliphatic heterocycles. The van der Waals surface area contributed by atoms with Gasteiger partial charge in [-0.05, 0) is 46.9 Å². The van der Waals surface area contributed by atoms with Gasteiger partial charge in [0, 0.05) is 15.7 Å². The number of amides is 1. The smallest absolute Gasteiger partial charge is 0.456 e. The Balaban J connectivity index is 1.91. The maximum Gasteiger partial charge on any atom is 0.573 e. The fourth-order valence-corrected chi connectivity index (χ4v) is 2.80. The molecule has 0 aliphatic rings. The van der Waals surface area contributed by atoms with Crippen molar-refractivity contribution in [3.05, 3.63) is 74.5 Å². The third kappa shape index (κ3) is 5.68. The van der Waals surface area contributed by atoms with Gasteiger partial charge in [0.1, 0.15) is 17.1 Å². The Labute approximate surface area is 183 Å². The van der Waals surface area contributed by atoms with E-state index < -0.39 is 35.2 Å². The summed E-state index contributed by atoms with van der Waals surface area (Å²) in [7, 11) is 0. The van der Waals surface area contributed by atoms with Gasteiger partial charge in [0.15, 0.2) is 21.9 Å². The van der Waals surface area contributed by atoms with Crippen molar-refractivity contribution in [2.75, 3.05) is 5.32 Å². The summed E-state index contributed by atoms with van der Waals surface area (Å²) in [5.74, 6) is -4.97. The summed E-state index contributed by atoms with van der Waals surface area (Å²) in [5.41, 5.74) is -0.400. The van der Waals surface area contributed by atoms with Gasteiger partial charge in [-0.15, -0.1) is 18.3 Å². The van der Waals surface area contributed by atoms with Crippen molar-refractivity contribution in [3.8, 4) is 17.2 Å². The molecule has 3 aromatic rings. The molecule has 0 atom stereocenters. The standard InChI is InChI=1S/C18H9F5IN3O4/c19-11-7-10(1-3-13(11)31-18(21,22)23)30-14-4-2-12(24)16(20)15(14)17(28)26-9-5-6-27(29)25-8-9/h1-8H,(H-,25,26,28,29)/p+1. The zero-order valence-electron chi connectivity index (χ0n) is 15.0. The summed E-state index contributed by atoms with van der Waals surface area (Å²) >= 11 is 1.64. The topological polar surface area (TPSA) is 86.3 Å². The number of aromatic nitrogens is 2. The summed E-state index contributed by atoms with van der Waals surface area (Å²) in [6, 6.07) is 6.01. The number of hydrogen-bond acceptors (Lipinski definition) is 4. The summed E-state index contributed by atoms with van der Waals surface area (Å²) in [6.45, 7) is 0. The Hall–Kier alpha value is -3.23. The Kier molecular flexibility index (Phi) is 6.42. The first kappa shape index (κ1) is 22.5. The Morgan fingerprint density at radius 2 is 1.81 bits per heavy atom. The van der Waals surface area contributed by atoms with E-state index in [0.717, 1.165) is 18.5 Å². The molecule has 0 bridgehead atoms. The number of benzene rings is 2. The fourth-order valence-electron chi connectivity index (χ4n) is 2.35. The van der Waals surface area contributed by atoms with Gasteiger partial charge in [0.05, 0.1) is 16.8 Å². The molecule has 13 heteroatoms. The van der Waals surface area contributed by atoms with Crippen LogP contribution in [0.25, 0.3) is 0 Å². The monoisotopic (exact) mass is 554 g/mol. The lowest BCUT2D eigenvalue weighted by Gasteiger charge is -2.14. The summed E-state index contributed by atoms with van der Waals surface area (Å²) in [4.78, 5) is 23.6. The normalized spacial score (nSPS) is 11.2. The van der Waals surface area contributed by atoms with Crippen molar-refractivity contribution in [1.29, 1.82) is 0 Å². The molecule has 0 spiro atoms. The van der Waals surface area contributed by atoms with Crippen LogP contribution in [0.5, 0.6) is 17.2 Å². The maximum atomic E-state index is 14.7. The molecule has 0 radical (unpaired) electrons. The SMILES string of the molecule is O=C(Nc1cc[n+](=O)[nH]c1)c1c(Oc2ccc(OC(F)(F)F)c(F)c2)ccc(I)c1F.